The molecule has 1 aliphatic rings. The maximum absolute atomic E-state index is 13.3. The number of rotatable bonds is 6. The first-order valence-corrected chi connectivity index (χ1v) is 13.1. The number of hydrogen-bond acceptors (Lipinski definition) is 6. The minimum atomic E-state index is -3.72. The molecule has 170 valence electrons. The van der Waals surface area contributed by atoms with Crippen molar-refractivity contribution >= 4 is 55.2 Å². The molecule has 0 bridgehead atoms. The summed E-state index contributed by atoms with van der Waals surface area (Å²) < 4.78 is 38.2. The molecule has 0 saturated carbocycles. The van der Waals surface area contributed by atoms with E-state index in [9.17, 15) is 13.2 Å². The zero-order chi connectivity index (χ0) is 23.6. The zero-order valence-corrected chi connectivity index (χ0v) is 21.0. The fourth-order valence-corrected chi connectivity index (χ4v) is 6.12. The van der Waals surface area contributed by atoms with Gasteiger partial charge in [-0.1, -0.05) is 45.9 Å². The topological polar surface area (TPSA) is 81.7 Å². The van der Waals surface area contributed by atoms with E-state index >= 15 is 0 Å². The molecule has 3 aromatic rings. The zero-order valence-electron chi connectivity index (χ0n) is 17.8. The Bertz CT molecular complexity index is 1330. The Morgan fingerprint density at radius 1 is 1.00 bits per heavy atom. The molecule has 33 heavy (non-hydrogen) atoms. The minimum absolute atomic E-state index is 0.154. The first-order chi connectivity index (χ1) is 15.8. The molecule has 0 radical (unpaired) electrons. The van der Waals surface area contributed by atoms with Crippen LogP contribution in [0.15, 0.2) is 79.8 Å². The van der Waals surface area contributed by atoms with Gasteiger partial charge in [0.1, 0.15) is 11.5 Å². The van der Waals surface area contributed by atoms with E-state index in [4.69, 9.17) is 9.47 Å². The predicted octanol–water partition coefficient (Wildman–Crippen LogP) is 5.53. The summed E-state index contributed by atoms with van der Waals surface area (Å²) in [6, 6.07) is 17.4. The molecule has 9 heteroatoms. The van der Waals surface area contributed by atoms with E-state index < -0.39 is 9.84 Å². The summed E-state index contributed by atoms with van der Waals surface area (Å²) in [4.78, 5) is 13.8. The summed E-state index contributed by atoms with van der Waals surface area (Å²) in [5.41, 5.74) is 1.90. The van der Waals surface area contributed by atoms with Gasteiger partial charge in [-0.25, -0.2) is 8.42 Å². The van der Waals surface area contributed by atoms with E-state index in [1.807, 2.05) is 24.3 Å². The number of carbonyl (C=O) groups is 1. The number of methoxy groups -OCH3 is 2. The van der Waals surface area contributed by atoms with Gasteiger partial charge in [0, 0.05) is 9.37 Å². The Balaban J connectivity index is 1.66. The largest absolute Gasteiger partial charge is 0.496 e. The summed E-state index contributed by atoms with van der Waals surface area (Å²) in [5.74, 6) is 0.372. The van der Waals surface area contributed by atoms with Crippen molar-refractivity contribution in [1.82, 2.24) is 0 Å². The van der Waals surface area contributed by atoms with Gasteiger partial charge in [-0.05, 0) is 54.1 Å². The van der Waals surface area contributed by atoms with Crippen LogP contribution in [-0.4, -0.2) is 28.5 Å². The molecule has 0 aromatic heterocycles. The lowest BCUT2D eigenvalue weighted by molar-refractivity contribution is -0.112. The third kappa shape index (κ3) is 5.10. The number of hydrogen-bond donors (Lipinski definition) is 1. The molecule has 1 aliphatic heterocycles. The molecule has 1 N–H and O–H groups in total. The number of ether oxygens (including phenoxy) is 2. The molecule has 0 spiro atoms. The Morgan fingerprint density at radius 2 is 1.67 bits per heavy atom. The number of amides is 1. The second kappa shape index (κ2) is 9.62. The van der Waals surface area contributed by atoms with Crippen LogP contribution in [0.2, 0.25) is 0 Å². The summed E-state index contributed by atoms with van der Waals surface area (Å²) in [5, 5.41) is 2.83. The lowest BCUT2D eigenvalue weighted by atomic mass is 10.2. The highest BCUT2D eigenvalue weighted by Crippen LogP contribution is 2.41. The number of fused-ring (bicyclic) bond motifs is 1. The fraction of sp³-hybridized carbons (Fsp3) is 0.125. The first-order valence-electron chi connectivity index (χ1n) is 9.84. The maximum atomic E-state index is 13.3. The highest BCUT2D eigenvalue weighted by molar-refractivity contribution is 9.10. The second-order valence-corrected chi connectivity index (χ2v) is 11.2. The van der Waals surface area contributed by atoms with Crippen LogP contribution in [0.25, 0.3) is 6.08 Å². The third-order valence-corrected chi connectivity index (χ3v) is 8.29. The lowest BCUT2D eigenvalue weighted by Crippen LogP contribution is -2.17. The minimum Gasteiger partial charge on any atom is -0.496 e. The monoisotopic (exact) mass is 545 g/mol. The molecule has 3 aromatic carbocycles. The lowest BCUT2D eigenvalue weighted by Gasteiger charge is -2.20. The fourth-order valence-electron chi connectivity index (χ4n) is 3.38. The van der Waals surface area contributed by atoms with Crippen LogP contribution in [0.5, 0.6) is 11.5 Å². The maximum Gasteiger partial charge on any atom is 0.262 e. The van der Waals surface area contributed by atoms with Crippen LogP contribution in [0.4, 0.5) is 5.69 Å². The Morgan fingerprint density at radius 3 is 2.30 bits per heavy atom. The van der Waals surface area contributed by atoms with Crippen LogP contribution in [0, 0.1) is 0 Å². The van der Waals surface area contributed by atoms with E-state index in [1.165, 1.54) is 32.0 Å². The van der Waals surface area contributed by atoms with E-state index in [-0.39, 0.29) is 16.6 Å². The number of carbonyl (C=O) groups excluding carboxylic acids is 1. The van der Waals surface area contributed by atoms with Gasteiger partial charge in [-0.15, -0.1) is 0 Å². The predicted molar refractivity (Wildman–Crippen MR) is 133 cm³/mol. The van der Waals surface area contributed by atoms with Gasteiger partial charge in [-0.3, -0.25) is 4.79 Å². The molecule has 6 nitrogen and oxygen atoms in total. The van der Waals surface area contributed by atoms with Crippen LogP contribution in [0.3, 0.4) is 0 Å². The summed E-state index contributed by atoms with van der Waals surface area (Å²) in [6.07, 6.45) is 1.77. The molecular formula is C24H20BrNO5S2. The normalized spacial score (nSPS) is 14.5. The van der Waals surface area contributed by atoms with Crippen LogP contribution >= 0.6 is 27.7 Å². The van der Waals surface area contributed by atoms with Gasteiger partial charge in [0.2, 0.25) is 0 Å². The van der Waals surface area contributed by atoms with Crippen molar-refractivity contribution in [3.8, 4) is 11.5 Å². The molecule has 1 heterocycles. The van der Waals surface area contributed by atoms with E-state index in [2.05, 4.69) is 21.2 Å². The average molecular weight is 546 g/mol. The third-order valence-electron chi connectivity index (χ3n) is 5.04. The van der Waals surface area contributed by atoms with Gasteiger partial charge in [0.05, 0.1) is 41.0 Å². The van der Waals surface area contributed by atoms with Gasteiger partial charge in [-0.2, -0.15) is 0 Å². The van der Waals surface area contributed by atoms with Crippen molar-refractivity contribution in [2.24, 2.45) is 0 Å². The smallest absolute Gasteiger partial charge is 0.262 e. The highest BCUT2D eigenvalue weighted by Gasteiger charge is 2.26. The Hall–Kier alpha value is -2.75. The standard InChI is InChI=1S/C24H20BrNO5S2/c1-30-20-4-3-5-21(31-2)18(20)14-33(28,29)17-10-11-19-22(13-17)32-23(24(27)26-19)12-15-6-8-16(25)9-7-15/h3-13H,14H2,1-2H3,(H,26,27)/b23-12+. The van der Waals surface area contributed by atoms with Gasteiger partial charge < -0.3 is 14.8 Å². The molecule has 0 aliphatic carbocycles. The van der Waals surface area contributed by atoms with Gasteiger partial charge in [0.15, 0.2) is 9.84 Å². The molecule has 1 amide bonds. The molecule has 0 atom stereocenters. The number of anilines is 1. The molecule has 0 unspecified atom stereocenters. The first kappa shape index (κ1) is 23.4. The van der Waals surface area contributed by atoms with Crippen molar-refractivity contribution in [3.05, 3.63) is 81.2 Å². The van der Waals surface area contributed by atoms with Crippen molar-refractivity contribution in [3.63, 3.8) is 0 Å². The molecule has 0 fully saturated rings. The molecular weight excluding hydrogens is 526 g/mol. The number of sulfone groups is 1. The van der Waals surface area contributed by atoms with Crippen molar-refractivity contribution in [2.45, 2.75) is 15.5 Å². The average Bonchev–Trinajstić information content (AvgIpc) is 2.80. The van der Waals surface area contributed by atoms with E-state index in [1.54, 1.807) is 36.4 Å². The van der Waals surface area contributed by atoms with E-state index in [0.29, 0.717) is 32.6 Å². The van der Waals surface area contributed by atoms with Crippen molar-refractivity contribution < 1.29 is 22.7 Å². The van der Waals surface area contributed by atoms with Crippen LogP contribution in [-0.2, 0) is 20.4 Å². The summed E-state index contributed by atoms with van der Waals surface area (Å²) in [7, 11) is -0.740. The molecule has 0 saturated heterocycles. The number of halogens is 1. The SMILES string of the molecule is COc1cccc(OC)c1CS(=O)(=O)c1ccc2c(c1)S/C(=C/c1ccc(Br)cc1)C(=O)N2. The molecule has 4 rings (SSSR count). The summed E-state index contributed by atoms with van der Waals surface area (Å²) >= 11 is 4.63. The van der Waals surface area contributed by atoms with Gasteiger partial charge >= 0.3 is 0 Å². The number of nitrogens with one attached hydrogen (secondary N) is 1. The van der Waals surface area contributed by atoms with Crippen LogP contribution in [0.1, 0.15) is 11.1 Å². The quantitative estimate of drug-likeness (QED) is 0.410. The van der Waals surface area contributed by atoms with Crippen molar-refractivity contribution in [2.75, 3.05) is 19.5 Å². The van der Waals surface area contributed by atoms with Crippen molar-refractivity contribution in [1.29, 1.82) is 0 Å². The Kier molecular flexibility index (Phi) is 6.83. The van der Waals surface area contributed by atoms with Gasteiger partial charge in [0.25, 0.3) is 5.91 Å². The number of benzene rings is 3. The number of thioether (sulfide) groups is 1. The van der Waals surface area contributed by atoms with E-state index in [0.717, 1.165) is 10.0 Å². The highest BCUT2D eigenvalue weighted by atomic mass is 79.9. The second-order valence-electron chi connectivity index (χ2n) is 7.17. The van der Waals surface area contributed by atoms with Crippen LogP contribution < -0.4 is 14.8 Å². The summed E-state index contributed by atoms with van der Waals surface area (Å²) in [6.45, 7) is 0. The Labute approximate surface area is 205 Å².